The van der Waals surface area contributed by atoms with Gasteiger partial charge in [-0.2, -0.15) is 10.4 Å². The van der Waals surface area contributed by atoms with Gasteiger partial charge >= 0.3 is 0 Å². The summed E-state index contributed by atoms with van der Waals surface area (Å²) in [4.78, 5) is 0. The van der Waals surface area contributed by atoms with E-state index < -0.39 is 0 Å². The summed E-state index contributed by atoms with van der Waals surface area (Å²) in [6, 6.07) is 12.0. The molecule has 0 saturated heterocycles. The maximum atomic E-state index is 9.11. The number of hydrogen-bond donors (Lipinski definition) is 0. The van der Waals surface area contributed by atoms with Gasteiger partial charge in [-0.25, -0.2) is 4.68 Å². The van der Waals surface area contributed by atoms with E-state index in [1.54, 1.807) is 18.7 Å². The third-order valence-corrected chi connectivity index (χ3v) is 2.84. The lowest BCUT2D eigenvalue weighted by Crippen LogP contribution is -2.07. The minimum Gasteiger partial charge on any atom is -0.469 e. The molecule has 0 N–H and O–H groups in total. The summed E-state index contributed by atoms with van der Waals surface area (Å²) in [5.74, 6) is 0.520. The average Bonchev–Trinajstić information content (AvgIpc) is 2.64. The van der Waals surface area contributed by atoms with Crippen molar-refractivity contribution in [1.29, 1.82) is 5.26 Å². The predicted molar refractivity (Wildman–Crippen MR) is 68.1 cm³/mol. The minimum absolute atomic E-state index is 0.118. The Hall–Kier alpha value is -2.28. The molecule has 4 nitrogen and oxygen atoms in total. The zero-order valence-corrected chi connectivity index (χ0v) is 10.7. The SMILES string of the molecule is Cc1nn(C)c(OC(C)c2ccccc2)c1C#N. The fourth-order valence-corrected chi connectivity index (χ4v) is 1.86. The highest BCUT2D eigenvalue weighted by atomic mass is 16.5. The van der Waals surface area contributed by atoms with E-state index >= 15 is 0 Å². The van der Waals surface area contributed by atoms with Crippen LogP contribution in [0.5, 0.6) is 5.88 Å². The fourth-order valence-electron chi connectivity index (χ4n) is 1.86. The van der Waals surface area contributed by atoms with Crippen molar-refractivity contribution < 1.29 is 4.74 Å². The van der Waals surface area contributed by atoms with Gasteiger partial charge in [0.05, 0.1) is 5.69 Å². The van der Waals surface area contributed by atoms with Gasteiger partial charge in [-0.05, 0) is 19.4 Å². The number of ether oxygens (including phenoxy) is 1. The van der Waals surface area contributed by atoms with Crippen LogP contribution >= 0.6 is 0 Å². The lowest BCUT2D eigenvalue weighted by molar-refractivity contribution is 0.206. The molecule has 2 aromatic rings. The number of nitrogens with zero attached hydrogens (tertiary/aromatic N) is 3. The second-order valence-electron chi connectivity index (χ2n) is 4.17. The van der Waals surface area contributed by atoms with Gasteiger partial charge in [0.25, 0.3) is 0 Å². The molecule has 1 atom stereocenters. The average molecular weight is 241 g/mol. The van der Waals surface area contributed by atoms with Crippen molar-refractivity contribution in [3.05, 3.63) is 47.2 Å². The summed E-state index contributed by atoms with van der Waals surface area (Å²) in [6.45, 7) is 3.76. The molecule has 2 rings (SSSR count). The van der Waals surface area contributed by atoms with Crippen LogP contribution in [0.3, 0.4) is 0 Å². The molecule has 0 amide bonds. The van der Waals surface area contributed by atoms with E-state index in [-0.39, 0.29) is 6.10 Å². The Kier molecular flexibility index (Phi) is 3.33. The molecule has 0 fully saturated rings. The van der Waals surface area contributed by atoms with E-state index in [9.17, 15) is 0 Å². The van der Waals surface area contributed by atoms with Gasteiger partial charge in [0.15, 0.2) is 0 Å². The van der Waals surface area contributed by atoms with Crippen molar-refractivity contribution >= 4 is 0 Å². The van der Waals surface area contributed by atoms with Crippen LogP contribution in [0.25, 0.3) is 0 Å². The van der Waals surface area contributed by atoms with Crippen molar-refractivity contribution in [2.45, 2.75) is 20.0 Å². The summed E-state index contributed by atoms with van der Waals surface area (Å²) in [7, 11) is 1.78. The molecule has 0 spiro atoms. The second kappa shape index (κ2) is 4.92. The monoisotopic (exact) mass is 241 g/mol. The maximum absolute atomic E-state index is 9.11. The largest absolute Gasteiger partial charge is 0.469 e. The zero-order valence-electron chi connectivity index (χ0n) is 10.7. The van der Waals surface area contributed by atoms with Crippen LogP contribution in [-0.4, -0.2) is 9.78 Å². The Morgan fingerprint density at radius 1 is 1.33 bits per heavy atom. The molecule has 1 aromatic heterocycles. The van der Waals surface area contributed by atoms with Gasteiger partial charge in [0, 0.05) is 7.05 Å². The molecule has 4 heteroatoms. The number of nitriles is 1. The summed E-state index contributed by atoms with van der Waals surface area (Å²) >= 11 is 0. The molecule has 18 heavy (non-hydrogen) atoms. The third kappa shape index (κ3) is 2.21. The number of aromatic nitrogens is 2. The van der Waals surface area contributed by atoms with Crippen LogP contribution in [0.2, 0.25) is 0 Å². The van der Waals surface area contributed by atoms with E-state index in [4.69, 9.17) is 10.00 Å². The van der Waals surface area contributed by atoms with E-state index in [1.807, 2.05) is 37.3 Å². The topological polar surface area (TPSA) is 50.8 Å². The quantitative estimate of drug-likeness (QED) is 0.830. The lowest BCUT2D eigenvalue weighted by Gasteiger charge is -2.15. The van der Waals surface area contributed by atoms with Crippen LogP contribution in [0.15, 0.2) is 30.3 Å². The Balaban J connectivity index is 2.28. The molecule has 1 aromatic carbocycles. The molecule has 92 valence electrons. The smallest absolute Gasteiger partial charge is 0.230 e. The molecule has 0 bridgehead atoms. The number of benzene rings is 1. The Morgan fingerprint density at radius 3 is 2.61 bits per heavy atom. The molecule has 0 radical (unpaired) electrons. The lowest BCUT2D eigenvalue weighted by atomic mass is 10.1. The van der Waals surface area contributed by atoms with Gasteiger partial charge in [0.1, 0.15) is 17.7 Å². The Bertz CT molecular complexity index is 581. The highest BCUT2D eigenvalue weighted by Crippen LogP contribution is 2.26. The molecule has 0 aliphatic carbocycles. The fraction of sp³-hybridized carbons (Fsp3) is 0.286. The zero-order chi connectivity index (χ0) is 13.1. The second-order valence-corrected chi connectivity index (χ2v) is 4.17. The molecule has 0 aliphatic rings. The molecular weight excluding hydrogens is 226 g/mol. The summed E-state index contributed by atoms with van der Waals surface area (Å²) in [6.07, 6.45) is -0.118. The summed E-state index contributed by atoms with van der Waals surface area (Å²) in [5.41, 5.74) is 2.26. The van der Waals surface area contributed by atoms with Crippen LogP contribution in [-0.2, 0) is 7.05 Å². The Morgan fingerprint density at radius 2 is 2.00 bits per heavy atom. The standard InChI is InChI=1S/C14H15N3O/c1-10-13(9-15)14(17(3)16-10)18-11(2)12-7-5-4-6-8-12/h4-8,11H,1-3H3. The van der Waals surface area contributed by atoms with Crippen molar-refractivity contribution in [3.63, 3.8) is 0 Å². The van der Waals surface area contributed by atoms with Gasteiger partial charge in [-0.15, -0.1) is 0 Å². The highest BCUT2D eigenvalue weighted by molar-refractivity contribution is 5.42. The van der Waals surface area contributed by atoms with Crippen LogP contribution in [0.1, 0.15) is 29.8 Å². The molecule has 1 heterocycles. The predicted octanol–water partition coefficient (Wildman–Crippen LogP) is 2.74. The minimum atomic E-state index is -0.118. The first-order valence-corrected chi connectivity index (χ1v) is 5.78. The normalized spacial score (nSPS) is 11.9. The van der Waals surface area contributed by atoms with E-state index in [0.29, 0.717) is 17.1 Å². The van der Waals surface area contributed by atoms with Crippen molar-refractivity contribution in [2.24, 2.45) is 7.05 Å². The van der Waals surface area contributed by atoms with E-state index in [1.165, 1.54) is 0 Å². The maximum Gasteiger partial charge on any atom is 0.230 e. The summed E-state index contributed by atoms with van der Waals surface area (Å²) in [5, 5.41) is 13.3. The van der Waals surface area contributed by atoms with Crippen molar-refractivity contribution in [2.75, 3.05) is 0 Å². The van der Waals surface area contributed by atoms with Gasteiger partial charge in [-0.1, -0.05) is 30.3 Å². The molecular formula is C14H15N3O. The van der Waals surface area contributed by atoms with Crippen molar-refractivity contribution in [1.82, 2.24) is 9.78 Å². The van der Waals surface area contributed by atoms with Crippen LogP contribution in [0.4, 0.5) is 0 Å². The summed E-state index contributed by atoms with van der Waals surface area (Å²) < 4.78 is 7.46. The number of aryl methyl sites for hydroxylation is 2. The molecule has 1 unspecified atom stereocenters. The Labute approximate surface area is 106 Å². The first kappa shape index (κ1) is 12.2. The van der Waals surface area contributed by atoms with Crippen molar-refractivity contribution in [3.8, 4) is 11.9 Å². The van der Waals surface area contributed by atoms with Gasteiger partial charge in [-0.3, -0.25) is 0 Å². The van der Waals surface area contributed by atoms with Crippen LogP contribution in [0, 0.1) is 18.3 Å². The van der Waals surface area contributed by atoms with E-state index in [2.05, 4.69) is 11.2 Å². The van der Waals surface area contributed by atoms with Gasteiger partial charge < -0.3 is 4.74 Å². The van der Waals surface area contributed by atoms with Gasteiger partial charge in [0.2, 0.25) is 5.88 Å². The third-order valence-electron chi connectivity index (χ3n) is 2.84. The number of rotatable bonds is 3. The highest BCUT2D eigenvalue weighted by Gasteiger charge is 2.17. The first-order valence-electron chi connectivity index (χ1n) is 5.78. The first-order chi connectivity index (χ1) is 8.63. The van der Waals surface area contributed by atoms with Crippen LogP contribution < -0.4 is 4.74 Å². The number of hydrogen-bond acceptors (Lipinski definition) is 3. The van der Waals surface area contributed by atoms with E-state index in [0.717, 1.165) is 5.56 Å². The molecule has 0 aliphatic heterocycles. The molecule has 0 saturated carbocycles.